The molecule has 0 rings (SSSR count). The van der Waals surface area contributed by atoms with Crippen molar-refractivity contribution in [3.8, 4) is 0 Å². The summed E-state index contributed by atoms with van der Waals surface area (Å²) in [4.78, 5) is 22.0. The van der Waals surface area contributed by atoms with Gasteiger partial charge in [0.2, 0.25) is 11.9 Å². The Morgan fingerprint density at radius 2 is 1.87 bits per heavy atom. The number of hydrogen-bond donors (Lipinski definition) is 0. The molecule has 0 heterocycles. The maximum Gasteiger partial charge on any atom is 0.341 e. The van der Waals surface area contributed by atoms with Gasteiger partial charge in [0.05, 0.1) is 7.11 Å². The molecule has 0 bridgehead atoms. The van der Waals surface area contributed by atoms with Gasteiger partial charge in [-0.15, -0.1) is 0 Å². The number of alkyl halides is 2. The lowest BCUT2D eigenvalue weighted by Crippen LogP contribution is -2.47. The molecule has 0 aliphatic carbocycles. The third kappa shape index (κ3) is 3.23. The molecule has 0 fully saturated rings. The minimum Gasteiger partial charge on any atom is -0.467 e. The highest BCUT2D eigenvalue weighted by Gasteiger charge is 2.51. The lowest BCUT2D eigenvalue weighted by Gasteiger charge is -2.21. The molecule has 0 aliphatic rings. The zero-order chi connectivity index (χ0) is 12.1. The predicted molar refractivity (Wildman–Crippen MR) is 47.7 cm³/mol. The Morgan fingerprint density at radius 3 is 2.20 bits per heavy atom. The fourth-order valence-corrected chi connectivity index (χ4v) is 1.04. The average molecular weight is 224 g/mol. The minimum atomic E-state index is -3.84. The molecule has 0 saturated heterocycles. The van der Waals surface area contributed by atoms with E-state index in [0.717, 1.165) is 14.2 Å². The number of carbonyl (C=O) groups is 2. The van der Waals surface area contributed by atoms with Crippen molar-refractivity contribution in [2.24, 2.45) is 0 Å². The molecule has 0 aliphatic heterocycles. The Morgan fingerprint density at radius 1 is 1.33 bits per heavy atom. The summed E-state index contributed by atoms with van der Waals surface area (Å²) < 4.78 is 35.1. The van der Waals surface area contributed by atoms with Crippen LogP contribution in [0.5, 0.6) is 0 Å². The van der Waals surface area contributed by atoms with Crippen LogP contribution in [0.4, 0.5) is 8.78 Å². The Balaban J connectivity index is 4.79. The molecule has 6 heteroatoms. The largest absolute Gasteiger partial charge is 0.467 e. The molecular formula is C9H14F2O4. The molecule has 0 aromatic heterocycles. The second-order valence-electron chi connectivity index (χ2n) is 2.94. The number of methoxy groups -OCH3 is 2. The van der Waals surface area contributed by atoms with Crippen LogP contribution in [0.15, 0.2) is 0 Å². The number of Topliss-reactive ketones (excluding diaryl/α,β-unsaturated/α-hetero) is 1. The topological polar surface area (TPSA) is 52.6 Å². The highest BCUT2D eigenvalue weighted by Crippen LogP contribution is 2.25. The molecule has 0 spiro atoms. The second kappa shape index (κ2) is 5.75. The van der Waals surface area contributed by atoms with Crippen LogP contribution < -0.4 is 0 Å². The zero-order valence-electron chi connectivity index (χ0n) is 8.88. The summed E-state index contributed by atoms with van der Waals surface area (Å²) in [7, 11) is 1.88. The summed E-state index contributed by atoms with van der Waals surface area (Å²) in [5.41, 5.74) is 0. The molecule has 88 valence electrons. The summed E-state index contributed by atoms with van der Waals surface area (Å²) in [5, 5.41) is 0. The Bertz CT molecular complexity index is 240. The first-order valence-corrected chi connectivity index (χ1v) is 4.43. The highest BCUT2D eigenvalue weighted by molar-refractivity contribution is 5.92. The quantitative estimate of drug-likeness (QED) is 0.636. The molecular weight excluding hydrogens is 210 g/mol. The van der Waals surface area contributed by atoms with Crippen LogP contribution >= 0.6 is 0 Å². The SMILES string of the molecule is CCCC(=O)C(F)(F)C(OC)C(=O)OC. The van der Waals surface area contributed by atoms with Crippen molar-refractivity contribution in [3.63, 3.8) is 0 Å². The molecule has 4 nitrogen and oxygen atoms in total. The maximum absolute atomic E-state index is 13.3. The normalized spacial score (nSPS) is 13.4. The van der Waals surface area contributed by atoms with Crippen molar-refractivity contribution in [3.05, 3.63) is 0 Å². The van der Waals surface area contributed by atoms with E-state index in [-0.39, 0.29) is 12.8 Å². The van der Waals surface area contributed by atoms with E-state index in [1.165, 1.54) is 0 Å². The summed E-state index contributed by atoms with van der Waals surface area (Å²) in [6, 6.07) is 0. The number of ether oxygens (including phenoxy) is 2. The van der Waals surface area contributed by atoms with E-state index < -0.39 is 23.8 Å². The fraction of sp³-hybridized carbons (Fsp3) is 0.778. The number of carbonyl (C=O) groups excluding carboxylic acids is 2. The van der Waals surface area contributed by atoms with Gasteiger partial charge in [0.25, 0.3) is 0 Å². The van der Waals surface area contributed by atoms with E-state index in [1.807, 2.05) is 0 Å². The predicted octanol–water partition coefficient (Wildman–Crippen LogP) is 1.18. The summed E-state index contributed by atoms with van der Waals surface area (Å²) in [5.74, 6) is -6.41. The van der Waals surface area contributed by atoms with Gasteiger partial charge in [-0.3, -0.25) is 4.79 Å². The molecule has 0 saturated carbocycles. The third-order valence-electron chi connectivity index (χ3n) is 1.83. The van der Waals surface area contributed by atoms with Gasteiger partial charge in [-0.05, 0) is 6.42 Å². The van der Waals surface area contributed by atoms with Crippen molar-refractivity contribution in [1.29, 1.82) is 0 Å². The van der Waals surface area contributed by atoms with Crippen molar-refractivity contribution in [2.45, 2.75) is 31.8 Å². The number of halogens is 2. The van der Waals surface area contributed by atoms with E-state index in [1.54, 1.807) is 6.92 Å². The summed E-state index contributed by atoms with van der Waals surface area (Å²) >= 11 is 0. The van der Waals surface area contributed by atoms with Crippen LogP contribution in [0.3, 0.4) is 0 Å². The van der Waals surface area contributed by atoms with Crippen LogP contribution in [0.1, 0.15) is 19.8 Å². The molecule has 0 N–H and O–H groups in total. The van der Waals surface area contributed by atoms with Crippen LogP contribution in [0.2, 0.25) is 0 Å². The van der Waals surface area contributed by atoms with Gasteiger partial charge < -0.3 is 9.47 Å². The number of hydrogen-bond acceptors (Lipinski definition) is 4. The van der Waals surface area contributed by atoms with E-state index in [0.29, 0.717) is 0 Å². The van der Waals surface area contributed by atoms with Gasteiger partial charge in [-0.25, -0.2) is 4.79 Å². The maximum atomic E-state index is 13.3. The molecule has 1 unspecified atom stereocenters. The van der Waals surface area contributed by atoms with Gasteiger partial charge in [-0.1, -0.05) is 6.92 Å². The Hall–Kier alpha value is -1.04. The first kappa shape index (κ1) is 14.0. The Kier molecular flexibility index (Phi) is 5.35. The number of rotatable bonds is 6. The minimum absolute atomic E-state index is 0.284. The summed E-state index contributed by atoms with van der Waals surface area (Å²) in [6.45, 7) is 1.59. The first-order valence-electron chi connectivity index (χ1n) is 4.43. The smallest absolute Gasteiger partial charge is 0.341 e. The second-order valence-corrected chi connectivity index (χ2v) is 2.94. The number of esters is 1. The Labute approximate surface area is 86.5 Å². The molecule has 0 radical (unpaired) electrons. The van der Waals surface area contributed by atoms with E-state index in [4.69, 9.17) is 0 Å². The van der Waals surface area contributed by atoms with Crippen molar-refractivity contribution < 1.29 is 27.8 Å². The monoisotopic (exact) mass is 224 g/mol. The van der Waals surface area contributed by atoms with Crippen LogP contribution in [0.25, 0.3) is 0 Å². The van der Waals surface area contributed by atoms with Crippen LogP contribution in [-0.2, 0) is 19.1 Å². The zero-order valence-corrected chi connectivity index (χ0v) is 8.88. The average Bonchev–Trinajstić information content (AvgIpc) is 2.18. The molecule has 0 aromatic rings. The van der Waals surface area contributed by atoms with E-state index in [2.05, 4.69) is 9.47 Å². The lowest BCUT2D eigenvalue weighted by molar-refractivity contribution is -0.185. The first-order chi connectivity index (χ1) is 6.91. The van der Waals surface area contributed by atoms with Gasteiger partial charge >= 0.3 is 11.9 Å². The van der Waals surface area contributed by atoms with Crippen molar-refractivity contribution in [2.75, 3.05) is 14.2 Å². The van der Waals surface area contributed by atoms with Crippen molar-refractivity contribution >= 4 is 11.8 Å². The molecule has 1 atom stereocenters. The van der Waals surface area contributed by atoms with Gasteiger partial charge in [-0.2, -0.15) is 8.78 Å². The van der Waals surface area contributed by atoms with Crippen LogP contribution in [-0.4, -0.2) is 38.0 Å². The highest BCUT2D eigenvalue weighted by atomic mass is 19.3. The van der Waals surface area contributed by atoms with Crippen molar-refractivity contribution in [1.82, 2.24) is 0 Å². The lowest BCUT2D eigenvalue weighted by atomic mass is 10.0. The van der Waals surface area contributed by atoms with Crippen LogP contribution in [0, 0.1) is 0 Å². The standard InChI is InChI=1S/C9H14F2O4/c1-4-5-6(12)9(10,11)7(14-2)8(13)15-3/h7H,4-5H2,1-3H3. The van der Waals surface area contributed by atoms with E-state index in [9.17, 15) is 18.4 Å². The van der Waals surface area contributed by atoms with Gasteiger partial charge in [0.1, 0.15) is 0 Å². The van der Waals surface area contributed by atoms with Gasteiger partial charge in [0, 0.05) is 13.5 Å². The molecule has 0 aromatic carbocycles. The molecule has 15 heavy (non-hydrogen) atoms. The third-order valence-corrected chi connectivity index (χ3v) is 1.83. The van der Waals surface area contributed by atoms with E-state index >= 15 is 0 Å². The fourth-order valence-electron chi connectivity index (χ4n) is 1.04. The summed E-state index contributed by atoms with van der Waals surface area (Å²) in [6.07, 6.45) is -2.18. The van der Waals surface area contributed by atoms with Gasteiger partial charge in [0.15, 0.2) is 0 Å². The molecule has 0 amide bonds. The number of ketones is 1.